The largest absolute Gasteiger partial charge is 0.452 e. The Balaban J connectivity index is 2.13. The van der Waals surface area contributed by atoms with E-state index < -0.39 is 0 Å². The lowest BCUT2D eigenvalue weighted by Gasteiger charge is -2.06. The van der Waals surface area contributed by atoms with Crippen molar-refractivity contribution in [2.24, 2.45) is 0 Å². The molecule has 0 saturated carbocycles. The van der Waals surface area contributed by atoms with Crippen molar-refractivity contribution in [2.45, 2.75) is 0 Å². The summed E-state index contributed by atoms with van der Waals surface area (Å²) in [7, 11) is 0. The van der Waals surface area contributed by atoms with Crippen molar-refractivity contribution in [3.8, 4) is 0 Å². The number of fused-ring (bicyclic) bond motifs is 5. The molecule has 5 rings (SSSR count). The van der Waals surface area contributed by atoms with Gasteiger partial charge in [0.2, 0.25) is 0 Å². The average molecular weight is 313 g/mol. The van der Waals surface area contributed by atoms with Crippen molar-refractivity contribution in [2.75, 3.05) is 0 Å². The molecule has 0 saturated heterocycles. The first kappa shape index (κ1) is 13.1. The van der Waals surface area contributed by atoms with Gasteiger partial charge in [-0.1, -0.05) is 36.4 Å². The van der Waals surface area contributed by atoms with Crippen molar-refractivity contribution in [1.82, 2.24) is 4.98 Å². The van der Waals surface area contributed by atoms with Crippen molar-refractivity contribution >= 4 is 43.7 Å². The molecular weight excluding hydrogens is 302 g/mol. The van der Waals surface area contributed by atoms with Crippen molar-refractivity contribution < 1.29 is 4.42 Å². The second-order valence-corrected chi connectivity index (χ2v) is 5.79. The van der Waals surface area contributed by atoms with Crippen LogP contribution >= 0.6 is 0 Å². The van der Waals surface area contributed by atoms with Gasteiger partial charge in [0, 0.05) is 16.2 Å². The quantitative estimate of drug-likeness (QED) is 0.348. The number of hydrogen-bond donors (Lipinski definition) is 1. The second kappa shape index (κ2) is 4.55. The van der Waals surface area contributed by atoms with Gasteiger partial charge in [0.1, 0.15) is 0 Å². The predicted molar refractivity (Wildman–Crippen MR) is 95.6 cm³/mol. The highest BCUT2D eigenvalue weighted by atomic mass is 16.3. The Morgan fingerprint density at radius 3 is 2.21 bits per heavy atom. The molecule has 5 aromatic rings. The molecule has 1 aromatic heterocycles. The average Bonchev–Trinajstić information content (AvgIpc) is 2.63. The molecule has 0 bridgehead atoms. The number of aromatic nitrogens is 1. The van der Waals surface area contributed by atoms with Crippen LogP contribution in [0.25, 0.3) is 43.7 Å². The van der Waals surface area contributed by atoms with Gasteiger partial charge in [-0.15, -0.1) is 0 Å². The Hall–Kier alpha value is -3.40. The van der Waals surface area contributed by atoms with Crippen LogP contribution in [-0.4, -0.2) is 4.98 Å². The first-order valence-electron chi connectivity index (χ1n) is 7.63. The monoisotopic (exact) mass is 313 g/mol. The summed E-state index contributed by atoms with van der Waals surface area (Å²) in [6.45, 7) is 0. The third-order valence-corrected chi connectivity index (χ3v) is 4.41. The SMILES string of the molecule is O=c1c2ccccc2c(=O)c2c1ccc1[nH]c3ccccc3oc12. The van der Waals surface area contributed by atoms with Crippen molar-refractivity contribution in [3.63, 3.8) is 0 Å². The van der Waals surface area contributed by atoms with Crippen LogP contribution < -0.4 is 10.9 Å². The maximum atomic E-state index is 13.0. The van der Waals surface area contributed by atoms with Crippen LogP contribution in [0.2, 0.25) is 0 Å². The summed E-state index contributed by atoms with van der Waals surface area (Å²) in [6, 6.07) is 17.9. The number of nitrogens with one attached hydrogen (secondary N) is 1. The lowest BCUT2D eigenvalue weighted by atomic mass is 10.0. The molecule has 0 aliphatic carbocycles. The summed E-state index contributed by atoms with van der Waals surface area (Å²) in [4.78, 5) is 29.0. The molecule has 1 heterocycles. The number of H-pyrrole nitrogens is 1. The smallest absolute Gasteiger partial charge is 0.198 e. The van der Waals surface area contributed by atoms with E-state index in [4.69, 9.17) is 4.42 Å². The van der Waals surface area contributed by atoms with E-state index in [2.05, 4.69) is 4.98 Å². The Kier molecular flexibility index (Phi) is 2.48. The first-order chi connectivity index (χ1) is 11.7. The fourth-order valence-electron chi connectivity index (χ4n) is 3.27. The van der Waals surface area contributed by atoms with E-state index in [1.807, 2.05) is 24.3 Å². The Morgan fingerprint density at radius 2 is 1.38 bits per heavy atom. The molecule has 0 radical (unpaired) electrons. The highest BCUT2D eigenvalue weighted by molar-refractivity contribution is 6.09. The highest BCUT2D eigenvalue weighted by Crippen LogP contribution is 2.25. The molecule has 24 heavy (non-hydrogen) atoms. The fourth-order valence-corrected chi connectivity index (χ4v) is 3.27. The van der Waals surface area contributed by atoms with Crippen LogP contribution in [0.3, 0.4) is 0 Å². The van der Waals surface area contributed by atoms with Gasteiger partial charge in [-0.25, -0.2) is 0 Å². The van der Waals surface area contributed by atoms with Gasteiger partial charge in [0.05, 0.1) is 16.4 Å². The van der Waals surface area contributed by atoms with E-state index in [0.717, 1.165) is 5.52 Å². The summed E-state index contributed by atoms with van der Waals surface area (Å²) in [5.41, 5.74) is 2.24. The zero-order chi connectivity index (χ0) is 16.3. The van der Waals surface area contributed by atoms with Crippen LogP contribution in [0.4, 0.5) is 0 Å². The molecule has 4 aromatic carbocycles. The fraction of sp³-hybridized carbons (Fsp3) is 0. The molecule has 0 unspecified atom stereocenters. The number of hydrogen-bond acceptors (Lipinski definition) is 3. The maximum absolute atomic E-state index is 13.0. The van der Waals surface area contributed by atoms with E-state index in [-0.39, 0.29) is 10.9 Å². The number of para-hydroxylation sites is 2. The van der Waals surface area contributed by atoms with E-state index in [9.17, 15) is 9.59 Å². The highest BCUT2D eigenvalue weighted by Gasteiger charge is 2.15. The van der Waals surface area contributed by atoms with Gasteiger partial charge in [0.15, 0.2) is 22.0 Å². The zero-order valence-corrected chi connectivity index (χ0v) is 12.5. The number of aromatic amines is 1. The van der Waals surface area contributed by atoms with E-state index in [1.165, 1.54) is 0 Å². The first-order valence-corrected chi connectivity index (χ1v) is 7.63. The summed E-state index contributed by atoms with van der Waals surface area (Å²) in [5, 5.41) is 1.59. The predicted octanol–water partition coefficient (Wildman–Crippen LogP) is 3.94. The normalized spacial score (nSPS) is 11.7. The zero-order valence-electron chi connectivity index (χ0n) is 12.5. The molecule has 0 aliphatic rings. The second-order valence-electron chi connectivity index (χ2n) is 5.79. The minimum Gasteiger partial charge on any atom is -0.452 e. The van der Waals surface area contributed by atoms with Crippen LogP contribution in [0, 0.1) is 0 Å². The van der Waals surface area contributed by atoms with Crippen molar-refractivity contribution in [3.05, 3.63) is 81.1 Å². The lowest BCUT2D eigenvalue weighted by Crippen LogP contribution is -2.13. The molecule has 0 amide bonds. The lowest BCUT2D eigenvalue weighted by molar-refractivity contribution is 0.660. The summed E-state index contributed by atoms with van der Waals surface area (Å²) in [6.07, 6.45) is 0. The van der Waals surface area contributed by atoms with E-state index in [0.29, 0.717) is 38.2 Å². The molecular formula is C20H11NO3. The molecule has 4 heteroatoms. The Bertz CT molecular complexity index is 1390. The van der Waals surface area contributed by atoms with Gasteiger partial charge >= 0.3 is 0 Å². The van der Waals surface area contributed by atoms with Gasteiger partial charge in [-0.3, -0.25) is 9.59 Å². The number of benzene rings is 4. The third-order valence-electron chi connectivity index (χ3n) is 4.41. The molecule has 0 fully saturated rings. The molecule has 0 aliphatic heterocycles. The van der Waals surface area contributed by atoms with Crippen LogP contribution in [0.1, 0.15) is 0 Å². The summed E-state index contributed by atoms with van der Waals surface area (Å²) in [5.74, 6) is 0. The molecule has 0 atom stereocenters. The topological polar surface area (TPSA) is 63.1 Å². The number of rotatable bonds is 0. The van der Waals surface area contributed by atoms with Gasteiger partial charge in [-0.05, 0) is 24.3 Å². The summed E-state index contributed by atoms with van der Waals surface area (Å²) < 4.78 is 5.97. The van der Waals surface area contributed by atoms with Crippen LogP contribution in [-0.2, 0) is 0 Å². The van der Waals surface area contributed by atoms with Crippen LogP contribution in [0.5, 0.6) is 0 Å². The minimum absolute atomic E-state index is 0.148. The molecule has 114 valence electrons. The van der Waals surface area contributed by atoms with Gasteiger partial charge in [0.25, 0.3) is 0 Å². The molecule has 4 nitrogen and oxygen atoms in total. The molecule has 0 spiro atoms. The standard InChI is InChI=1S/C20H11NO3/c22-18-11-5-1-2-6-12(11)19(23)17-13(18)9-10-15-20(17)24-16-8-4-3-7-14(16)21-15/h1-10,21H. The van der Waals surface area contributed by atoms with Gasteiger partial charge < -0.3 is 9.40 Å². The summed E-state index contributed by atoms with van der Waals surface area (Å²) >= 11 is 0. The van der Waals surface area contributed by atoms with E-state index in [1.54, 1.807) is 36.4 Å². The molecule has 1 N–H and O–H groups in total. The van der Waals surface area contributed by atoms with Gasteiger partial charge in [-0.2, -0.15) is 0 Å². The third kappa shape index (κ3) is 1.62. The van der Waals surface area contributed by atoms with Crippen LogP contribution in [0.15, 0.2) is 74.7 Å². The Morgan fingerprint density at radius 1 is 0.667 bits per heavy atom. The van der Waals surface area contributed by atoms with Crippen molar-refractivity contribution in [1.29, 1.82) is 0 Å². The Labute approximate surface area is 135 Å². The maximum Gasteiger partial charge on any atom is 0.198 e. The van der Waals surface area contributed by atoms with E-state index >= 15 is 0 Å². The minimum atomic E-state index is -0.182.